The van der Waals surface area contributed by atoms with Crippen molar-refractivity contribution in [3.05, 3.63) is 23.4 Å². The van der Waals surface area contributed by atoms with Crippen LogP contribution >= 0.6 is 0 Å². The van der Waals surface area contributed by atoms with Crippen molar-refractivity contribution in [3.63, 3.8) is 0 Å². The lowest BCUT2D eigenvalue weighted by atomic mass is 10.2. The summed E-state index contributed by atoms with van der Waals surface area (Å²) >= 11 is 0. The fraction of sp³-hybridized carbons (Fsp3) is 0.455. The average Bonchev–Trinajstić information content (AvgIpc) is 2.20. The van der Waals surface area contributed by atoms with Gasteiger partial charge < -0.3 is 4.90 Å². The minimum atomic E-state index is 0.609. The van der Waals surface area contributed by atoms with Gasteiger partial charge in [-0.3, -0.25) is 0 Å². The normalized spacial score (nSPS) is 8.29. The van der Waals surface area contributed by atoms with Crippen molar-refractivity contribution in [2.75, 3.05) is 19.0 Å². The lowest BCUT2D eigenvalue weighted by molar-refractivity contribution is 1.05. The van der Waals surface area contributed by atoms with Crippen LogP contribution in [0.3, 0.4) is 0 Å². The van der Waals surface area contributed by atoms with Crippen molar-refractivity contribution in [2.24, 2.45) is 0 Å². The summed E-state index contributed by atoms with van der Waals surface area (Å²) in [6.07, 6.45) is 1.59. The van der Waals surface area contributed by atoms with E-state index in [1.54, 1.807) is 6.20 Å². The van der Waals surface area contributed by atoms with Crippen LogP contribution in [0.15, 0.2) is 12.3 Å². The number of hydrogen-bond acceptors (Lipinski definition) is 3. The van der Waals surface area contributed by atoms with Gasteiger partial charge in [0.25, 0.3) is 0 Å². The van der Waals surface area contributed by atoms with Gasteiger partial charge in [-0.1, -0.05) is 13.8 Å². The molecule has 1 rings (SSSR count). The van der Waals surface area contributed by atoms with E-state index in [0.717, 1.165) is 11.4 Å². The first-order chi connectivity index (χ1) is 6.65. The fourth-order valence-electron chi connectivity index (χ4n) is 1.10. The van der Waals surface area contributed by atoms with Crippen LogP contribution in [0, 0.1) is 18.3 Å². The molecule has 3 nitrogen and oxygen atoms in total. The highest BCUT2D eigenvalue weighted by molar-refractivity contribution is 5.47. The Balaban J connectivity index is 0.000000791. The van der Waals surface area contributed by atoms with E-state index in [9.17, 15) is 0 Å². The Morgan fingerprint density at radius 3 is 2.29 bits per heavy atom. The molecule has 0 N–H and O–H groups in total. The van der Waals surface area contributed by atoms with Crippen LogP contribution in [-0.2, 0) is 0 Å². The molecule has 0 aliphatic rings. The molecule has 1 aromatic rings. The van der Waals surface area contributed by atoms with Gasteiger partial charge in [-0.25, -0.2) is 4.98 Å². The minimum absolute atomic E-state index is 0.609. The molecule has 0 bridgehead atoms. The summed E-state index contributed by atoms with van der Waals surface area (Å²) in [7, 11) is 3.86. The molecule has 1 heterocycles. The van der Waals surface area contributed by atoms with Gasteiger partial charge in [0.1, 0.15) is 11.9 Å². The second kappa shape index (κ2) is 5.98. The van der Waals surface area contributed by atoms with Gasteiger partial charge in [-0.05, 0) is 18.6 Å². The fourth-order valence-corrected chi connectivity index (χ4v) is 1.10. The number of anilines is 1. The van der Waals surface area contributed by atoms with Crippen LogP contribution < -0.4 is 4.90 Å². The lowest BCUT2D eigenvalue weighted by Gasteiger charge is -2.13. The summed E-state index contributed by atoms with van der Waals surface area (Å²) in [6, 6.07) is 3.89. The number of aromatic nitrogens is 1. The van der Waals surface area contributed by atoms with E-state index in [2.05, 4.69) is 11.1 Å². The Bertz CT molecular complexity index is 324. The SMILES string of the molecule is CC.Cc1cc(C#N)cnc1N(C)C. The molecule has 0 radical (unpaired) electrons. The van der Waals surface area contributed by atoms with Gasteiger partial charge in [-0.15, -0.1) is 0 Å². The quantitative estimate of drug-likeness (QED) is 0.684. The highest BCUT2D eigenvalue weighted by atomic mass is 15.1. The number of aryl methyl sites for hydroxylation is 1. The molecule has 0 saturated carbocycles. The topological polar surface area (TPSA) is 39.9 Å². The maximum atomic E-state index is 8.59. The maximum Gasteiger partial charge on any atom is 0.130 e. The Morgan fingerprint density at radius 2 is 1.93 bits per heavy atom. The lowest BCUT2D eigenvalue weighted by Crippen LogP contribution is -2.12. The van der Waals surface area contributed by atoms with Crippen LogP contribution in [0.5, 0.6) is 0 Å². The zero-order chi connectivity index (χ0) is 11.1. The summed E-state index contributed by atoms with van der Waals surface area (Å²) in [4.78, 5) is 6.08. The molecule has 0 spiro atoms. The predicted molar refractivity (Wildman–Crippen MR) is 59.4 cm³/mol. The van der Waals surface area contributed by atoms with Crippen LogP contribution in [0.4, 0.5) is 5.82 Å². The van der Waals surface area contributed by atoms with E-state index >= 15 is 0 Å². The van der Waals surface area contributed by atoms with Gasteiger partial charge in [-0.2, -0.15) is 5.26 Å². The monoisotopic (exact) mass is 191 g/mol. The zero-order valence-electron chi connectivity index (χ0n) is 9.50. The molecule has 0 fully saturated rings. The molecule has 1 aromatic heterocycles. The molecule has 0 aliphatic carbocycles. The third-order valence-electron chi connectivity index (χ3n) is 1.60. The van der Waals surface area contributed by atoms with Crippen LogP contribution in [-0.4, -0.2) is 19.1 Å². The van der Waals surface area contributed by atoms with Gasteiger partial charge in [0.05, 0.1) is 5.56 Å². The number of nitrogens with zero attached hydrogens (tertiary/aromatic N) is 3. The largest absolute Gasteiger partial charge is 0.363 e. The molecule has 76 valence electrons. The first-order valence-corrected chi connectivity index (χ1v) is 4.69. The number of hydrogen-bond donors (Lipinski definition) is 0. The van der Waals surface area contributed by atoms with Gasteiger partial charge in [0, 0.05) is 20.3 Å². The van der Waals surface area contributed by atoms with E-state index in [0.29, 0.717) is 5.56 Å². The average molecular weight is 191 g/mol. The Hall–Kier alpha value is -1.56. The van der Waals surface area contributed by atoms with Gasteiger partial charge in [0.2, 0.25) is 0 Å². The maximum absolute atomic E-state index is 8.59. The number of rotatable bonds is 1. The standard InChI is InChI=1S/C9H11N3.C2H6/c1-7-4-8(5-10)6-11-9(7)12(2)3;1-2/h4,6H,1-3H3;1-2H3. The summed E-state index contributed by atoms with van der Waals surface area (Å²) < 4.78 is 0. The Labute approximate surface area is 86.0 Å². The Morgan fingerprint density at radius 1 is 1.36 bits per heavy atom. The van der Waals surface area contributed by atoms with Crippen molar-refractivity contribution in [3.8, 4) is 6.07 Å². The molecule has 0 amide bonds. The zero-order valence-corrected chi connectivity index (χ0v) is 9.50. The molecular weight excluding hydrogens is 174 g/mol. The summed E-state index contributed by atoms with van der Waals surface area (Å²) in [5.74, 6) is 0.911. The van der Waals surface area contributed by atoms with Crippen molar-refractivity contribution >= 4 is 5.82 Å². The van der Waals surface area contributed by atoms with Crippen LogP contribution in [0.1, 0.15) is 25.0 Å². The van der Waals surface area contributed by atoms with E-state index < -0.39 is 0 Å². The van der Waals surface area contributed by atoms with Gasteiger partial charge in [0.15, 0.2) is 0 Å². The van der Waals surface area contributed by atoms with E-state index in [1.165, 1.54) is 0 Å². The molecular formula is C11H17N3. The minimum Gasteiger partial charge on any atom is -0.363 e. The highest BCUT2D eigenvalue weighted by Crippen LogP contribution is 2.14. The van der Waals surface area contributed by atoms with E-state index in [4.69, 9.17) is 5.26 Å². The van der Waals surface area contributed by atoms with Crippen molar-refractivity contribution in [1.29, 1.82) is 5.26 Å². The van der Waals surface area contributed by atoms with Gasteiger partial charge >= 0.3 is 0 Å². The number of pyridine rings is 1. The smallest absolute Gasteiger partial charge is 0.130 e. The highest BCUT2D eigenvalue weighted by Gasteiger charge is 2.02. The Kier molecular flexibility index (Phi) is 5.31. The molecule has 0 saturated heterocycles. The van der Waals surface area contributed by atoms with E-state index in [1.807, 2.05) is 45.8 Å². The molecule has 0 aliphatic heterocycles. The number of nitriles is 1. The first-order valence-electron chi connectivity index (χ1n) is 4.69. The van der Waals surface area contributed by atoms with E-state index in [-0.39, 0.29) is 0 Å². The summed E-state index contributed by atoms with van der Waals surface area (Å²) in [5.41, 5.74) is 1.64. The van der Waals surface area contributed by atoms with Crippen LogP contribution in [0.2, 0.25) is 0 Å². The molecule has 0 unspecified atom stereocenters. The second-order valence-electron chi connectivity index (χ2n) is 2.87. The van der Waals surface area contributed by atoms with Crippen LogP contribution in [0.25, 0.3) is 0 Å². The third-order valence-corrected chi connectivity index (χ3v) is 1.60. The van der Waals surface area contributed by atoms with Crippen molar-refractivity contribution < 1.29 is 0 Å². The predicted octanol–water partition coefficient (Wildman–Crippen LogP) is 2.35. The second-order valence-corrected chi connectivity index (χ2v) is 2.87. The molecule has 3 heteroatoms. The first kappa shape index (κ1) is 12.4. The molecule has 0 atom stereocenters. The summed E-state index contributed by atoms with van der Waals surface area (Å²) in [5, 5.41) is 8.59. The molecule has 14 heavy (non-hydrogen) atoms. The summed E-state index contributed by atoms with van der Waals surface area (Å²) in [6.45, 7) is 5.95. The molecule has 0 aromatic carbocycles. The van der Waals surface area contributed by atoms with Crippen molar-refractivity contribution in [1.82, 2.24) is 4.98 Å². The van der Waals surface area contributed by atoms with Crippen molar-refractivity contribution in [2.45, 2.75) is 20.8 Å². The third kappa shape index (κ3) is 3.06.